The minimum Gasteiger partial charge on any atom is -0.488 e. The number of hydrogen-bond donors (Lipinski definition) is 0. The standard InChI is InChI=1S/C20H18OS/c1-3-9-17(10-4-1)15-21-19-13-7-8-14-20(19)22-16-18-11-5-2-6-12-18/h1-14H,15-16H2. The van der Waals surface area contributed by atoms with Crippen molar-refractivity contribution in [2.75, 3.05) is 0 Å². The summed E-state index contributed by atoms with van der Waals surface area (Å²) in [6.45, 7) is 0.601. The minimum atomic E-state index is 0.601. The molecule has 3 rings (SSSR count). The Labute approximate surface area is 136 Å². The van der Waals surface area contributed by atoms with E-state index in [9.17, 15) is 0 Å². The Hall–Kier alpha value is -2.19. The molecule has 0 aliphatic rings. The zero-order chi connectivity index (χ0) is 15.0. The number of para-hydroxylation sites is 1. The molecular formula is C20H18OS. The molecule has 110 valence electrons. The van der Waals surface area contributed by atoms with Gasteiger partial charge in [-0.3, -0.25) is 0 Å². The van der Waals surface area contributed by atoms with E-state index in [0.29, 0.717) is 6.61 Å². The molecule has 3 aromatic carbocycles. The van der Waals surface area contributed by atoms with Gasteiger partial charge in [-0.1, -0.05) is 72.8 Å². The molecule has 0 aliphatic carbocycles. The maximum Gasteiger partial charge on any atom is 0.133 e. The number of hydrogen-bond acceptors (Lipinski definition) is 2. The molecule has 0 aliphatic heterocycles. The number of rotatable bonds is 6. The summed E-state index contributed by atoms with van der Waals surface area (Å²) in [5, 5.41) is 0. The Bertz CT molecular complexity index is 633. The van der Waals surface area contributed by atoms with Crippen molar-refractivity contribution >= 4 is 11.8 Å². The van der Waals surface area contributed by atoms with E-state index < -0.39 is 0 Å². The largest absolute Gasteiger partial charge is 0.488 e. The SMILES string of the molecule is c1ccc(COc2ccccc2SCc2ccccc2)cc1. The van der Waals surface area contributed by atoms with Crippen molar-refractivity contribution in [3.8, 4) is 5.75 Å². The Kier molecular flexibility index (Phi) is 5.17. The molecule has 0 spiro atoms. The van der Waals surface area contributed by atoms with E-state index in [1.54, 1.807) is 0 Å². The van der Waals surface area contributed by atoms with Gasteiger partial charge >= 0.3 is 0 Å². The summed E-state index contributed by atoms with van der Waals surface area (Å²) in [7, 11) is 0. The molecule has 2 heteroatoms. The van der Waals surface area contributed by atoms with Gasteiger partial charge in [0.25, 0.3) is 0 Å². The molecular weight excluding hydrogens is 288 g/mol. The van der Waals surface area contributed by atoms with Gasteiger partial charge in [0.15, 0.2) is 0 Å². The fourth-order valence-corrected chi connectivity index (χ4v) is 3.12. The van der Waals surface area contributed by atoms with Gasteiger partial charge in [0.2, 0.25) is 0 Å². The van der Waals surface area contributed by atoms with Crippen molar-refractivity contribution in [1.82, 2.24) is 0 Å². The van der Waals surface area contributed by atoms with Crippen molar-refractivity contribution < 1.29 is 4.74 Å². The van der Waals surface area contributed by atoms with Crippen LogP contribution in [-0.4, -0.2) is 0 Å². The zero-order valence-electron chi connectivity index (χ0n) is 12.3. The number of ether oxygens (including phenoxy) is 1. The normalized spacial score (nSPS) is 10.4. The molecule has 0 N–H and O–H groups in total. The molecule has 0 saturated carbocycles. The van der Waals surface area contributed by atoms with Crippen LogP contribution in [0.3, 0.4) is 0 Å². The molecule has 0 radical (unpaired) electrons. The second kappa shape index (κ2) is 7.71. The van der Waals surface area contributed by atoms with Crippen molar-refractivity contribution in [2.24, 2.45) is 0 Å². The summed E-state index contributed by atoms with van der Waals surface area (Å²) >= 11 is 1.81. The fraction of sp³-hybridized carbons (Fsp3) is 0.100. The van der Waals surface area contributed by atoms with Crippen LogP contribution in [0.5, 0.6) is 5.75 Å². The number of benzene rings is 3. The van der Waals surface area contributed by atoms with Crippen LogP contribution in [0.4, 0.5) is 0 Å². The Morgan fingerprint density at radius 2 is 1.23 bits per heavy atom. The van der Waals surface area contributed by atoms with Crippen LogP contribution in [0.15, 0.2) is 89.8 Å². The molecule has 3 aromatic rings. The number of thioether (sulfide) groups is 1. The van der Waals surface area contributed by atoms with Gasteiger partial charge in [-0.15, -0.1) is 11.8 Å². The van der Waals surface area contributed by atoms with Crippen LogP contribution < -0.4 is 4.74 Å². The fourth-order valence-electron chi connectivity index (χ4n) is 2.16. The predicted molar refractivity (Wildman–Crippen MR) is 93.2 cm³/mol. The summed E-state index contributed by atoms with van der Waals surface area (Å²) in [5.74, 6) is 1.90. The van der Waals surface area contributed by atoms with Crippen LogP contribution in [0.2, 0.25) is 0 Å². The van der Waals surface area contributed by atoms with Crippen LogP contribution in [-0.2, 0) is 12.4 Å². The van der Waals surface area contributed by atoms with E-state index >= 15 is 0 Å². The van der Waals surface area contributed by atoms with Gasteiger partial charge in [0.05, 0.1) is 0 Å². The monoisotopic (exact) mass is 306 g/mol. The Balaban J connectivity index is 1.65. The molecule has 0 atom stereocenters. The van der Waals surface area contributed by atoms with Crippen molar-refractivity contribution in [3.63, 3.8) is 0 Å². The average Bonchev–Trinajstić information content (AvgIpc) is 2.61. The molecule has 0 bridgehead atoms. The Morgan fingerprint density at radius 1 is 0.636 bits per heavy atom. The van der Waals surface area contributed by atoms with E-state index in [1.807, 2.05) is 48.2 Å². The van der Waals surface area contributed by atoms with Crippen LogP contribution in [0.25, 0.3) is 0 Å². The van der Waals surface area contributed by atoms with Gasteiger partial charge in [0, 0.05) is 10.6 Å². The van der Waals surface area contributed by atoms with Crippen LogP contribution in [0.1, 0.15) is 11.1 Å². The van der Waals surface area contributed by atoms with E-state index in [1.165, 1.54) is 16.0 Å². The van der Waals surface area contributed by atoms with Gasteiger partial charge in [0.1, 0.15) is 12.4 Å². The van der Waals surface area contributed by atoms with Crippen LogP contribution >= 0.6 is 11.8 Å². The lowest BCUT2D eigenvalue weighted by Crippen LogP contribution is -1.96. The first-order valence-electron chi connectivity index (χ1n) is 7.34. The first kappa shape index (κ1) is 14.7. The second-order valence-electron chi connectivity index (χ2n) is 5.00. The molecule has 22 heavy (non-hydrogen) atoms. The third-order valence-corrected chi connectivity index (χ3v) is 4.45. The second-order valence-corrected chi connectivity index (χ2v) is 6.01. The Morgan fingerprint density at radius 3 is 1.95 bits per heavy atom. The van der Waals surface area contributed by atoms with E-state index in [2.05, 4.69) is 48.5 Å². The van der Waals surface area contributed by atoms with E-state index in [0.717, 1.165) is 11.5 Å². The van der Waals surface area contributed by atoms with Crippen molar-refractivity contribution in [2.45, 2.75) is 17.3 Å². The topological polar surface area (TPSA) is 9.23 Å². The summed E-state index contributed by atoms with van der Waals surface area (Å²) in [4.78, 5) is 1.18. The molecule has 1 nitrogen and oxygen atoms in total. The van der Waals surface area contributed by atoms with Crippen molar-refractivity contribution in [3.05, 3.63) is 96.1 Å². The third-order valence-electron chi connectivity index (χ3n) is 3.32. The quantitative estimate of drug-likeness (QED) is 0.552. The lowest BCUT2D eigenvalue weighted by atomic mass is 10.2. The summed E-state index contributed by atoms with van der Waals surface area (Å²) in [6.07, 6.45) is 0. The molecule has 0 heterocycles. The highest BCUT2D eigenvalue weighted by atomic mass is 32.2. The highest BCUT2D eigenvalue weighted by Crippen LogP contribution is 2.31. The maximum atomic E-state index is 5.99. The van der Waals surface area contributed by atoms with Gasteiger partial charge in [-0.25, -0.2) is 0 Å². The van der Waals surface area contributed by atoms with Gasteiger partial charge < -0.3 is 4.74 Å². The highest BCUT2D eigenvalue weighted by molar-refractivity contribution is 7.98. The van der Waals surface area contributed by atoms with Crippen LogP contribution in [0, 0.1) is 0 Å². The first-order valence-corrected chi connectivity index (χ1v) is 8.33. The average molecular weight is 306 g/mol. The summed E-state index contributed by atoms with van der Waals surface area (Å²) in [5.41, 5.74) is 2.51. The van der Waals surface area contributed by atoms with E-state index in [4.69, 9.17) is 4.74 Å². The smallest absolute Gasteiger partial charge is 0.133 e. The third kappa shape index (κ3) is 4.15. The van der Waals surface area contributed by atoms with Crippen molar-refractivity contribution in [1.29, 1.82) is 0 Å². The highest BCUT2D eigenvalue weighted by Gasteiger charge is 2.04. The summed E-state index contributed by atoms with van der Waals surface area (Å²) < 4.78 is 5.99. The molecule has 0 saturated heterocycles. The first-order chi connectivity index (χ1) is 10.9. The van der Waals surface area contributed by atoms with Gasteiger partial charge in [-0.05, 0) is 23.3 Å². The molecule has 0 aromatic heterocycles. The zero-order valence-corrected chi connectivity index (χ0v) is 13.1. The van der Waals surface area contributed by atoms with Gasteiger partial charge in [-0.2, -0.15) is 0 Å². The molecule has 0 fully saturated rings. The lowest BCUT2D eigenvalue weighted by Gasteiger charge is -2.11. The predicted octanol–water partition coefficient (Wildman–Crippen LogP) is 5.56. The van der Waals surface area contributed by atoms with E-state index in [-0.39, 0.29) is 0 Å². The molecule has 0 amide bonds. The maximum absolute atomic E-state index is 5.99. The summed E-state index contributed by atoms with van der Waals surface area (Å²) in [6, 6.07) is 29.0. The minimum absolute atomic E-state index is 0.601. The lowest BCUT2D eigenvalue weighted by molar-refractivity contribution is 0.299. The molecule has 0 unspecified atom stereocenters.